The molecule has 1 aromatic rings. The van der Waals surface area contributed by atoms with E-state index in [9.17, 15) is 4.79 Å². The highest BCUT2D eigenvalue weighted by Gasteiger charge is 2.39. The smallest absolute Gasteiger partial charge is 0.241 e. The van der Waals surface area contributed by atoms with E-state index < -0.39 is 0 Å². The topological polar surface area (TPSA) is 32.3 Å². The molecule has 0 saturated carbocycles. The Morgan fingerprint density at radius 1 is 1.24 bits per heavy atom. The number of rotatable bonds is 5. The molecule has 1 N–H and O–H groups in total. The Bertz CT molecular complexity index is 486. The summed E-state index contributed by atoms with van der Waals surface area (Å²) in [5.74, 6) is 1.69. The van der Waals surface area contributed by atoms with E-state index >= 15 is 0 Å². The van der Waals surface area contributed by atoms with E-state index in [4.69, 9.17) is 0 Å². The first-order valence-corrected chi connectivity index (χ1v) is 9.02. The predicted molar refractivity (Wildman–Crippen MR) is 90.6 cm³/mol. The van der Waals surface area contributed by atoms with Crippen LogP contribution in [0.15, 0.2) is 24.3 Å². The van der Waals surface area contributed by atoms with E-state index in [0.717, 1.165) is 5.75 Å². The van der Waals surface area contributed by atoms with Crippen LogP contribution < -0.4 is 5.32 Å². The molecule has 1 fully saturated rings. The second-order valence-corrected chi connectivity index (χ2v) is 7.07. The van der Waals surface area contributed by atoms with Gasteiger partial charge in [0.15, 0.2) is 0 Å². The molecule has 3 atom stereocenters. The number of hydrogen-bond donors (Lipinski definition) is 1. The molecule has 4 heteroatoms. The van der Waals surface area contributed by atoms with Crippen LogP contribution in [-0.2, 0) is 4.79 Å². The number of hydrogen-bond acceptors (Lipinski definition) is 3. The first kappa shape index (κ1) is 16.4. The Balaban J connectivity index is 2.25. The monoisotopic (exact) mass is 306 g/mol. The Labute approximate surface area is 132 Å². The largest absolute Gasteiger partial charge is 0.318 e. The number of nitrogens with one attached hydrogen (secondary N) is 1. The fourth-order valence-electron chi connectivity index (χ4n) is 2.85. The highest BCUT2D eigenvalue weighted by molar-refractivity contribution is 7.98. The molecule has 1 amide bonds. The summed E-state index contributed by atoms with van der Waals surface area (Å²) >= 11 is 1.78. The molecule has 1 aromatic carbocycles. The molecule has 0 spiro atoms. The summed E-state index contributed by atoms with van der Waals surface area (Å²) in [6, 6.07) is 8.77. The lowest BCUT2D eigenvalue weighted by Crippen LogP contribution is -2.39. The quantitative estimate of drug-likeness (QED) is 0.905. The lowest BCUT2D eigenvalue weighted by atomic mass is 10.0. The molecule has 0 aliphatic carbocycles. The zero-order valence-electron chi connectivity index (χ0n) is 13.6. The average Bonchev–Trinajstić information content (AvgIpc) is 2.75. The molecule has 1 saturated heterocycles. The van der Waals surface area contributed by atoms with Crippen LogP contribution in [0.5, 0.6) is 0 Å². The SMILES string of the molecule is CSCC(C)N1C(=O)C(C)NC1c1ccc(C(C)C)cc1. The zero-order valence-corrected chi connectivity index (χ0v) is 14.4. The van der Waals surface area contributed by atoms with Gasteiger partial charge in [-0.25, -0.2) is 0 Å². The normalized spacial score (nSPS) is 23.9. The van der Waals surface area contributed by atoms with Gasteiger partial charge in [-0.3, -0.25) is 10.1 Å². The van der Waals surface area contributed by atoms with Crippen molar-refractivity contribution in [2.45, 2.75) is 51.9 Å². The van der Waals surface area contributed by atoms with Crippen molar-refractivity contribution in [1.82, 2.24) is 10.2 Å². The van der Waals surface area contributed by atoms with Crippen LogP contribution in [0.4, 0.5) is 0 Å². The van der Waals surface area contributed by atoms with Gasteiger partial charge in [0.2, 0.25) is 5.91 Å². The number of carbonyl (C=O) groups excluding carboxylic acids is 1. The van der Waals surface area contributed by atoms with Crippen molar-refractivity contribution in [3.05, 3.63) is 35.4 Å². The maximum absolute atomic E-state index is 12.4. The molecular weight excluding hydrogens is 280 g/mol. The summed E-state index contributed by atoms with van der Waals surface area (Å²) < 4.78 is 0. The van der Waals surface area contributed by atoms with E-state index in [1.54, 1.807) is 11.8 Å². The minimum Gasteiger partial charge on any atom is -0.318 e. The summed E-state index contributed by atoms with van der Waals surface area (Å²) in [6.45, 7) is 8.47. The van der Waals surface area contributed by atoms with Crippen LogP contribution in [0.25, 0.3) is 0 Å². The van der Waals surface area contributed by atoms with Crippen molar-refractivity contribution in [3.63, 3.8) is 0 Å². The van der Waals surface area contributed by atoms with E-state index in [2.05, 4.69) is 56.6 Å². The molecule has 3 unspecified atom stereocenters. The Morgan fingerprint density at radius 3 is 2.38 bits per heavy atom. The van der Waals surface area contributed by atoms with Gasteiger partial charge in [-0.1, -0.05) is 38.1 Å². The van der Waals surface area contributed by atoms with Gasteiger partial charge in [0.25, 0.3) is 0 Å². The van der Waals surface area contributed by atoms with Crippen molar-refractivity contribution < 1.29 is 4.79 Å². The molecule has 116 valence electrons. The van der Waals surface area contributed by atoms with Crippen LogP contribution in [-0.4, -0.2) is 34.9 Å². The number of nitrogens with zero attached hydrogens (tertiary/aromatic N) is 1. The number of benzene rings is 1. The summed E-state index contributed by atoms with van der Waals surface area (Å²) in [4.78, 5) is 14.4. The predicted octanol–water partition coefficient (Wildman–Crippen LogP) is 3.38. The molecule has 1 aliphatic heterocycles. The molecule has 0 bridgehead atoms. The molecule has 3 nitrogen and oxygen atoms in total. The van der Waals surface area contributed by atoms with Crippen molar-refractivity contribution >= 4 is 17.7 Å². The molecule has 0 radical (unpaired) electrons. The van der Waals surface area contributed by atoms with Crippen molar-refractivity contribution in [1.29, 1.82) is 0 Å². The summed E-state index contributed by atoms with van der Waals surface area (Å²) in [7, 11) is 0. The second kappa shape index (κ2) is 6.84. The zero-order chi connectivity index (χ0) is 15.6. The minimum absolute atomic E-state index is 0.00383. The van der Waals surface area contributed by atoms with Crippen molar-refractivity contribution in [2.24, 2.45) is 0 Å². The van der Waals surface area contributed by atoms with Gasteiger partial charge in [-0.15, -0.1) is 0 Å². The third kappa shape index (κ3) is 3.43. The van der Waals surface area contributed by atoms with Crippen LogP contribution in [0.1, 0.15) is 50.9 Å². The number of amides is 1. The number of carbonyl (C=O) groups is 1. The summed E-state index contributed by atoms with van der Waals surface area (Å²) in [5, 5.41) is 3.43. The minimum atomic E-state index is -0.107. The lowest BCUT2D eigenvalue weighted by molar-refractivity contribution is -0.131. The number of thioether (sulfide) groups is 1. The fraction of sp³-hybridized carbons (Fsp3) is 0.588. The second-order valence-electron chi connectivity index (χ2n) is 6.16. The van der Waals surface area contributed by atoms with E-state index in [-0.39, 0.29) is 24.2 Å². The molecule has 1 heterocycles. The van der Waals surface area contributed by atoms with Crippen LogP contribution in [0, 0.1) is 0 Å². The first-order chi connectivity index (χ1) is 9.95. The molecule has 21 heavy (non-hydrogen) atoms. The third-order valence-electron chi connectivity index (χ3n) is 4.11. The van der Waals surface area contributed by atoms with Gasteiger partial charge in [-0.2, -0.15) is 11.8 Å². The Morgan fingerprint density at radius 2 is 1.86 bits per heavy atom. The summed E-state index contributed by atoms with van der Waals surface area (Å²) in [6.07, 6.45) is 2.08. The van der Waals surface area contributed by atoms with Gasteiger partial charge in [0.05, 0.1) is 6.04 Å². The maximum atomic E-state index is 12.4. The van der Waals surface area contributed by atoms with Crippen molar-refractivity contribution in [2.75, 3.05) is 12.0 Å². The van der Waals surface area contributed by atoms with E-state index in [1.807, 2.05) is 11.8 Å². The molecule has 1 aliphatic rings. The van der Waals surface area contributed by atoms with Gasteiger partial charge in [0.1, 0.15) is 6.17 Å². The van der Waals surface area contributed by atoms with E-state index in [0.29, 0.717) is 5.92 Å². The van der Waals surface area contributed by atoms with Crippen LogP contribution >= 0.6 is 11.8 Å². The Hall–Kier alpha value is -1.00. The first-order valence-electron chi connectivity index (χ1n) is 7.62. The summed E-state index contributed by atoms with van der Waals surface area (Å²) in [5.41, 5.74) is 2.50. The van der Waals surface area contributed by atoms with Gasteiger partial charge in [0, 0.05) is 11.8 Å². The Kier molecular flexibility index (Phi) is 5.33. The lowest BCUT2D eigenvalue weighted by Gasteiger charge is -2.30. The average molecular weight is 306 g/mol. The van der Waals surface area contributed by atoms with Crippen LogP contribution in [0.3, 0.4) is 0 Å². The van der Waals surface area contributed by atoms with Gasteiger partial charge >= 0.3 is 0 Å². The molecular formula is C17H26N2OS. The fourth-order valence-corrected chi connectivity index (χ4v) is 3.50. The molecule has 0 aromatic heterocycles. The third-order valence-corrected chi connectivity index (χ3v) is 4.93. The van der Waals surface area contributed by atoms with Gasteiger partial charge < -0.3 is 4.90 Å². The maximum Gasteiger partial charge on any atom is 0.241 e. The van der Waals surface area contributed by atoms with Gasteiger partial charge in [-0.05, 0) is 37.1 Å². The highest BCUT2D eigenvalue weighted by Crippen LogP contribution is 2.29. The highest BCUT2D eigenvalue weighted by atomic mass is 32.2. The van der Waals surface area contributed by atoms with Crippen molar-refractivity contribution in [3.8, 4) is 0 Å². The molecule has 2 rings (SSSR count). The van der Waals surface area contributed by atoms with Crippen LogP contribution in [0.2, 0.25) is 0 Å². The standard InChI is InChI=1S/C17H26N2OS/c1-11(2)14-6-8-15(9-7-14)16-18-13(4)17(20)19(16)12(3)10-21-5/h6-9,11-13,16,18H,10H2,1-5H3. The van der Waals surface area contributed by atoms with E-state index in [1.165, 1.54) is 11.1 Å².